The summed E-state index contributed by atoms with van der Waals surface area (Å²) in [5.41, 5.74) is 9.54. The quantitative estimate of drug-likeness (QED) is 0.810. The monoisotopic (exact) mass is 240 g/mol. The van der Waals surface area contributed by atoms with Crippen LogP contribution >= 0.6 is 0 Å². The zero-order valence-electron chi connectivity index (χ0n) is 10.3. The number of hydrogen-bond donors (Lipinski definition) is 2. The van der Waals surface area contributed by atoms with Gasteiger partial charge in [-0.05, 0) is 35.7 Å². The van der Waals surface area contributed by atoms with Crippen molar-refractivity contribution in [2.75, 3.05) is 11.1 Å². The van der Waals surface area contributed by atoms with Crippen LogP contribution in [-0.2, 0) is 11.2 Å². The second kappa shape index (κ2) is 5.36. The van der Waals surface area contributed by atoms with Gasteiger partial charge in [0.2, 0.25) is 5.91 Å². The summed E-state index contributed by atoms with van der Waals surface area (Å²) < 4.78 is 0. The Hall–Kier alpha value is -2.29. The molecular formula is C15H16N2O. The number of nitrogens with one attached hydrogen (secondary N) is 1. The number of rotatable bonds is 3. The van der Waals surface area contributed by atoms with Crippen molar-refractivity contribution >= 4 is 17.3 Å². The molecule has 18 heavy (non-hydrogen) atoms. The summed E-state index contributed by atoms with van der Waals surface area (Å²) in [7, 11) is 0. The Balaban J connectivity index is 2.30. The summed E-state index contributed by atoms with van der Waals surface area (Å²) in [4.78, 5) is 11.2. The van der Waals surface area contributed by atoms with Crippen LogP contribution in [0.5, 0.6) is 0 Å². The fourth-order valence-corrected chi connectivity index (χ4v) is 1.89. The summed E-state index contributed by atoms with van der Waals surface area (Å²) in [6, 6.07) is 15.6. The van der Waals surface area contributed by atoms with Crippen molar-refractivity contribution in [3.8, 4) is 0 Å². The lowest BCUT2D eigenvalue weighted by atomic mass is 10.0. The number of anilines is 2. The van der Waals surface area contributed by atoms with Crippen LogP contribution < -0.4 is 11.1 Å². The standard InChI is InChI=1S/C15H16N2O/c1-11(18)17-15-8-7-14(16)10-13(15)9-12-5-3-2-4-6-12/h2-8,10H,9,16H2,1H3,(H,17,18). The zero-order valence-corrected chi connectivity index (χ0v) is 10.3. The molecule has 3 N–H and O–H groups in total. The second-order valence-corrected chi connectivity index (χ2v) is 4.26. The molecule has 0 aromatic heterocycles. The molecule has 2 aromatic rings. The van der Waals surface area contributed by atoms with E-state index in [1.165, 1.54) is 12.5 Å². The van der Waals surface area contributed by atoms with E-state index in [1.807, 2.05) is 30.3 Å². The van der Waals surface area contributed by atoms with Crippen molar-refractivity contribution in [3.05, 3.63) is 59.7 Å². The van der Waals surface area contributed by atoms with Crippen LogP contribution in [-0.4, -0.2) is 5.91 Å². The average molecular weight is 240 g/mol. The molecule has 0 unspecified atom stereocenters. The molecule has 0 aliphatic rings. The SMILES string of the molecule is CC(=O)Nc1ccc(N)cc1Cc1ccccc1. The zero-order chi connectivity index (χ0) is 13.0. The number of amides is 1. The van der Waals surface area contributed by atoms with Crippen LogP contribution in [0, 0.1) is 0 Å². The number of hydrogen-bond acceptors (Lipinski definition) is 2. The molecule has 0 aliphatic heterocycles. The molecule has 0 bridgehead atoms. The van der Waals surface area contributed by atoms with Gasteiger partial charge in [0.05, 0.1) is 0 Å². The number of benzene rings is 2. The summed E-state index contributed by atoms with van der Waals surface area (Å²) >= 11 is 0. The predicted molar refractivity (Wildman–Crippen MR) is 74.4 cm³/mol. The third-order valence-corrected chi connectivity index (χ3v) is 2.68. The first-order valence-electron chi connectivity index (χ1n) is 5.85. The first kappa shape index (κ1) is 12.2. The highest BCUT2D eigenvalue weighted by Gasteiger charge is 2.05. The molecule has 2 rings (SSSR count). The molecule has 0 atom stereocenters. The Labute approximate surface area is 107 Å². The fourth-order valence-electron chi connectivity index (χ4n) is 1.89. The lowest BCUT2D eigenvalue weighted by molar-refractivity contribution is -0.114. The number of nitrogen functional groups attached to an aromatic ring is 1. The van der Waals surface area contributed by atoms with Crippen LogP contribution in [0.1, 0.15) is 18.1 Å². The maximum Gasteiger partial charge on any atom is 0.221 e. The predicted octanol–water partition coefficient (Wildman–Crippen LogP) is 2.82. The number of carbonyl (C=O) groups is 1. The van der Waals surface area contributed by atoms with Crippen LogP contribution in [0.4, 0.5) is 11.4 Å². The van der Waals surface area contributed by atoms with Gasteiger partial charge in [0.15, 0.2) is 0 Å². The fraction of sp³-hybridized carbons (Fsp3) is 0.133. The van der Waals surface area contributed by atoms with Gasteiger partial charge in [-0.3, -0.25) is 4.79 Å². The Morgan fingerprint density at radius 3 is 2.56 bits per heavy atom. The van der Waals surface area contributed by atoms with Crippen molar-refractivity contribution in [2.45, 2.75) is 13.3 Å². The maximum atomic E-state index is 11.2. The van der Waals surface area contributed by atoms with Crippen molar-refractivity contribution in [1.29, 1.82) is 0 Å². The van der Waals surface area contributed by atoms with Crippen molar-refractivity contribution in [2.24, 2.45) is 0 Å². The number of nitrogens with two attached hydrogens (primary N) is 1. The highest BCUT2D eigenvalue weighted by atomic mass is 16.1. The molecular weight excluding hydrogens is 224 g/mol. The van der Waals surface area contributed by atoms with E-state index < -0.39 is 0 Å². The second-order valence-electron chi connectivity index (χ2n) is 4.26. The van der Waals surface area contributed by atoms with E-state index in [0.717, 1.165) is 17.7 Å². The first-order valence-corrected chi connectivity index (χ1v) is 5.85. The molecule has 0 spiro atoms. The molecule has 0 radical (unpaired) electrons. The van der Waals surface area contributed by atoms with Gasteiger partial charge in [-0.25, -0.2) is 0 Å². The van der Waals surface area contributed by atoms with E-state index in [4.69, 9.17) is 5.73 Å². The lowest BCUT2D eigenvalue weighted by Crippen LogP contribution is -2.08. The Morgan fingerprint density at radius 2 is 1.89 bits per heavy atom. The average Bonchev–Trinajstić information content (AvgIpc) is 2.33. The normalized spacial score (nSPS) is 10.1. The van der Waals surface area contributed by atoms with E-state index in [1.54, 1.807) is 6.07 Å². The maximum absolute atomic E-state index is 11.2. The largest absolute Gasteiger partial charge is 0.399 e. The minimum atomic E-state index is -0.0749. The van der Waals surface area contributed by atoms with Crippen LogP contribution in [0.3, 0.4) is 0 Å². The molecule has 0 fully saturated rings. The third-order valence-electron chi connectivity index (χ3n) is 2.68. The third kappa shape index (κ3) is 3.10. The van der Waals surface area contributed by atoms with Gasteiger partial charge in [-0.1, -0.05) is 30.3 Å². The van der Waals surface area contributed by atoms with Crippen LogP contribution in [0.2, 0.25) is 0 Å². The van der Waals surface area contributed by atoms with E-state index in [-0.39, 0.29) is 5.91 Å². The van der Waals surface area contributed by atoms with Gasteiger partial charge < -0.3 is 11.1 Å². The van der Waals surface area contributed by atoms with E-state index in [2.05, 4.69) is 17.4 Å². The van der Waals surface area contributed by atoms with Gasteiger partial charge in [0.1, 0.15) is 0 Å². The van der Waals surface area contributed by atoms with Crippen molar-refractivity contribution < 1.29 is 4.79 Å². The van der Waals surface area contributed by atoms with E-state index in [9.17, 15) is 4.79 Å². The summed E-state index contributed by atoms with van der Waals surface area (Å²) in [6.07, 6.45) is 0.751. The minimum Gasteiger partial charge on any atom is -0.399 e. The highest BCUT2D eigenvalue weighted by molar-refractivity contribution is 5.89. The molecule has 0 heterocycles. The van der Waals surface area contributed by atoms with Gasteiger partial charge in [-0.15, -0.1) is 0 Å². The highest BCUT2D eigenvalue weighted by Crippen LogP contribution is 2.22. The van der Waals surface area contributed by atoms with Gasteiger partial charge in [0, 0.05) is 18.3 Å². The molecule has 0 saturated carbocycles. The van der Waals surface area contributed by atoms with Gasteiger partial charge in [0.25, 0.3) is 0 Å². The number of carbonyl (C=O) groups excluding carboxylic acids is 1. The molecule has 0 saturated heterocycles. The molecule has 3 heteroatoms. The van der Waals surface area contributed by atoms with Gasteiger partial charge in [-0.2, -0.15) is 0 Å². The molecule has 1 amide bonds. The van der Waals surface area contributed by atoms with Gasteiger partial charge >= 0.3 is 0 Å². The van der Waals surface area contributed by atoms with E-state index >= 15 is 0 Å². The van der Waals surface area contributed by atoms with Crippen LogP contribution in [0.25, 0.3) is 0 Å². The molecule has 92 valence electrons. The Bertz CT molecular complexity index is 550. The van der Waals surface area contributed by atoms with Crippen molar-refractivity contribution in [3.63, 3.8) is 0 Å². The Kier molecular flexibility index (Phi) is 3.63. The summed E-state index contributed by atoms with van der Waals surface area (Å²) in [5, 5.41) is 2.83. The minimum absolute atomic E-state index is 0.0749. The smallest absolute Gasteiger partial charge is 0.221 e. The lowest BCUT2D eigenvalue weighted by Gasteiger charge is -2.11. The molecule has 3 nitrogen and oxygen atoms in total. The van der Waals surface area contributed by atoms with E-state index in [0.29, 0.717) is 5.69 Å². The molecule has 2 aromatic carbocycles. The van der Waals surface area contributed by atoms with Crippen LogP contribution in [0.15, 0.2) is 48.5 Å². The molecule has 0 aliphatic carbocycles. The topological polar surface area (TPSA) is 55.1 Å². The van der Waals surface area contributed by atoms with Crippen molar-refractivity contribution in [1.82, 2.24) is 0 Å². The summed E-state index contributed by atoms with van der Waals surface area (Å²) in [5.74, 6) is -0.0749. The summed E-state index contributed by atoms with van der Waals surface area (Å²) in [6.45, 7) is 1.50. The Morgan fingerprint density at radius 1 is 1.17 bits per heavy atom. The first-order chi connectivity index (χ1) is 8.65.